The zero-order chi connectivity index (χ0) is 8.43. The molecule has 3 nitrogen and oxygen atoms in total. The third kappa shape index (κ3) is 1.98. The van der Waals surface area contributed by atoms with E-state index in [0.717, 1.165) is 0 Å². The van der Waals surface area contributed by atoms with E-state index in [1.165, 1.54) is 6.20 Å². The van der Waals surface area contributed by atoms with E-state index < -0.39 is 5.82 Å². The molecule has 0 saturated carbocycles. The van der Waals surface area contributed by atoms with Crippen molar-refractivity contribution in [2.45, 2.75) is 0 Å². The predicted molar refractivity (Wildman–Crippen MR) is 49.0 cm³/mol. The van der Waals surface area contributed by atoms with Crippen LogP contribution in [0.3, 0.4) is 0 Å². The Morgan fingerprint density at radius 3 is 2.64 bits per heavy atom. The van der Waals surface area contributed by atoms with E-state index in [4.69, 9.17) is 0 Å². The molecule has 0 aromatic carbocycles. The van der Waals surface area contributed by atoms with Crippen molar-refractivity contribution in [3.8, 4) is 0 Å². The van der Waals surface area contributed by atoms with Crippen LogP contribution in [0.25, 0.3) is 0 Å². The number of halogens is 2. The summed E-state index contributed by atoms with van der Waals surface area (Å²) in [5.41, 5.74) is 0. The molecule has 60 valence electrons. The zero-order valence-corrected chi connectivity index (χ0v) is 8.33. The highest BCUT2D eigenvalue weighted by Gasteiger charge is 2.06. The maximum atomic E-state index is 12.9. The van der Waals surface area contributed by atoms with Crippen LogP contribution in [0.4, 0.5) is 10.2 Å². The summed E-state index contributed by atoms with van der Waals surface area (Å²) in [7, 11) is 3.48. The van der Waals surface area contributed by atoms with E-state index in [2.05, 4.69) is 9.97 Å². The van der Waals surface area contributed by atoms with E-state index in [-0.39, 0.29) is 0 Å². The average molecular weight is 267 g/mol. The highest BCUT2D eigenvalue weighted by molar-refractivity contribution is 14.1. The molecule has 0 N–H and O–H groups in total. The molecule has 5 heteroatoms. The van der Waals surface area contributed by atoms with Crippen LogP contribution in [0.15, 0.2) is 6.20 Å². The smallest absolute Gasteiger partial charge is 0.192 e. The fourth-order valence-corrected chi connectivity index (χ4v) is 1.02. The number of rotatable bonds is 1. The third-order valence-corrected chi connectivity index (χ3v) is 1.64. The minimum atomic E-state index is -0.393. The molecule has 0 amide bonds. The first-order valence-electron chi connectivity index (χ1n) is 2.96. The van der Waals surface area contributed by atoms with Crippen molar-refractivity contribution in [3.05, 3.63) is 15.8 Å². The van der Waals surface area contributed by atoms with Crippen molar-refractivity contribution in [2.75, 3.05) is 19.0 Å². The fraction of sp³-hybridized carbons (Fsp3) is 0.333. The lowest BCUT2D eigenvalue weighted by atomic mass is 10.5. The van der Waals surface area contributed by atoms with Gasteiger partial charge in [0.1, 0.15) is 0 Å². The van der Waals surface area contributed by atoms with E-state index in [1.54, 1.807) is 19.0 Å². The molecular weight excluding hydrogens is 260 g/mol. The van der Waals surface area contributed by atoms with Gasteiger partial charge in [-0.2, -0.15) is 0 Å². The molecule has 0 aliphatic rings. The molecular formula is C6H7FIN3. The lowest BCUT2D eigenvalue weighted by Crippen LogP contribution is -2.13. The van der Waals surface area contributed by atoms with Crippen LogP contribution < -0.4 is 4.90 Å². The first-order chi connectivity index (χ1) is 5.11. The Kier molecular flexibility index (Phi) is 2.58. The second kappa shape index (κ2) is 3.29. The normalized spacial score (nSPS) is 9.82. The van der Waals surface area contributed by atoms with Crippen LogP contribution in [0.2, 0.25) is 0 Å². The number of hydrogen-bond donors (Lipinski definition) is 0. The predicted octanol–water partition coefficient (Wildman–Crippen LogP) is 1.29. The summed E-state index contributed by atoms with van der Waals surface area (Å²) in [5.74, 6) is -0.0696. The molecule has 0 fully saturated rings. The zero-order valence-electron chi connectivity index (χ0n) is 6.17. The van der Waals surface area contributed by atoms with Crippen molar-refractivity contribution >= 4 is 28.4 Å². The first kappa shape index (κ1) is 8.63. The maximum absolute atomic E-state index is 12.9. The number of hydrogen-bond acceptors (Lipinski definition) is 3. The second-order valence-corrected chi connectivity index (χ2v) is 3.17. The molecule has 0 spiro atoms. The molecule has 0 atom stereocenters. The molecule has 0 aliphatic heterocycles. The molecule has 0 bridgehead atoms. The third-order valence-electron chi connectivity index (χ3n) is 1.12. The summed E-state index contributed by atoms with van der Waals surface area (Å²) < 4.78 is 13.4. The van der Waals surface area contributed by atoms with Gasteiger partial charge in [0.15, 0.2) is 15.5 Å². The lowest BCUT2D eigenvalue weighted by Gasteiger charge is -2.10. The summed E-state index contributed by atoms with van der Waals surface area (Å²) in [6, 6.07) is 0. The molecule has 1 aromatic rings. The molecule has 0 radical (unpaired) electrons. The summed E-state index contributed by atoms with van der Waals surface area (Å²) in [4.78, 5) is 9.20. The van der Waals surface area contributed by atoms with E-state index in [9.17, 15) is 4.39 Å². The van der Waals surface area contributed by atoms with Crippen LogP contribution in [0.1, 0.15) is 0 Å². The van der Waals surface area contributed by atoms with E-state index >= 15 is 0 Å². The van der Waals surface area contributed by atoms with Gasteiger partial charge >= 0.3 is 0 Å². The van der Waals surface area contributed by atoms with Gasteiger partial charge in [0.2, 0.25) is 0 Å². The minimum absolute atomic E-state index is 0.324. The lowest BCUT2D eigenvalue weighted by molar-refractivity contribution is 0.609. The minimum Gasteiger partial charge on any atom is -0.360 e. The number of anilines is 1. The summed E-state index contributed by atoms with van der Waals surface area (Å²) in [6.07, 6.45) is 1.17. The van der Waals surface area contributed by atoms with Crippen LogP contribution in [0, 0.1) is 9.65 Å². The van der Waals surface area contributed by atoms with Gasteiger partial charge in [-0.05, 0) is 0 Å². The fourth-order valence-electron chi connectivity index (χ4n) is 0.651. The monoisotopic (exact) mass is 267 g/mol. The Hall–Kier alpha value is -0.460. The van der Waals surface area contributed by atoms with Crippen LogP contribution >= 0.6 is 22.6 Å². The molecule has 0 saturated heterocycles. The Labute approximate surface area is 77.8 Å². The van der Waals surface area contributed by atoms with Gasteiger partial charge in [-0.15, -0.1) is 0 Å². The van der Waals surface area contributed by atoms with Gasteiger partial charge in [-0.1, -0.05) is 0 Å². The van der Waals surface area contributed by atoms with Gasteiger partial charge < -0.3 is 4.90 Å². The van der Waals surface area contributed by atoms with Gasteiger partial charge in [0, 0.05) is 36.7 Å². The van der Waals surface area contributed by atoms with Crippen LogP contribution in [0.5, 0.6) is 0 Å². The van der Waals surface area contributed by atoms with Gasteiger partial charge in [0.25, 0.3) is 0 Å². The topological polar surface area (TPSA) is 29.0 Å². The van der Waals surface area contributed by atoms with Gasteiger partial charge in [-0.25, -0.2) is 14.4 Å². The van der Waals surface area contributed by atoms with Crippen LogP contribution in [-0.2, 0) is 0 Å². The largest absolute Gasteiger partial charge is 0.360 e. The first-order valence-corrected chi connectivity index (χ1v) is 4.04. The Morgan fingerprint density at radius 1 is 1.55 bits per heavy atom. The Morgan fingerprint density at radius 2 is 2.18 bits per heavy atom. The van der Waals surface area contributed by atoms with Crippen molar-refractivity contribution in [1.82, 2.24) is 9.97 Å². The summed E-state index contributed by atoms with van der Waals surface area (Å²) >= 11 is 1.94. The number of nitrogens with zero attached hydrogens (tertiary/aromatic N) is 3. The molecule has 0 aliphatic carbocycles. The van der Waals surface area contributed by atoms with Crippen LogP contribution in [-0.4, -0.2) is 24.1 Å². The van der Waals surface area contributed by atoms with Gasteiger partial charge in [-0.3, -0.25) is 0 Å². The molecule has 1 rings (SSSR count). The van der Waals surface area contributed by atoms with Gasteiger partial charge in [0.05, 0.1) is 6.20 Å². The average Bonchev–Trinajstić information content (AvgIpc) is 1.94. The van der Waals surface area contributed by atoms with E-state index in [0.29, 0.717) is 9.65 Å². The molecule has 11 heavy (non-hydrogen) atoms. The molecule has 0 unspecified atom stereocenters. The van der Waals surface area contributed by atoms with Crippen molar-refractivity contribution in [1.29, 1.82) is 0 Å². The Bertz CT molecular complexity index is 264. The molecule has 1 aromatic heterocycles. The number of aromatic nitrogens is 2. The summed E-state index contributed by atoms with van der Waals surface area (Å²) in [6.45, 7) is 0. The van der Waals surface area contributed by atoms with Crippen molar-refractivity contribution in [3.63, 3.8) is 0 Å². The van der Waals surface area contributed by atoms with Crippen molar-refractivity contribution in [2.24, 2.45) is 0 Å². The quantitative estimate of drug-likeness (QED) is 0.567. The van der Waals surface area contributed by atoms with Crippen molar-refractivity contribution < 1.29 is 4.39 Å². The maximum Gasteiger partial charge on any atom is 0.192 e. The Balaban J connectivity index is 3.13. The second-order valence-electron chi connectivity index (χ2n) is 2.21. The van der Waals surface area contributed by atoms with E-state index in [1.807, 2.05) is 22.6 Å². The highest BCUT2D eigenvalue weighted by atomic mass is 127. The highest BCUT2D eigenvalue weighted by Crippen LogP contribution is 2.12. The molecule has 1 heterocycles. The summed E-state index contributed by atoms with van der Waals surface area (Å²) in [5, 5.41) is 0. The SMILES string of the molecule is CN(C)c1nc(I)ncc1F. The standard InChI is InChI=1S/C6H7FIN3/c1-11(2)5-4(7)3-9-6(8)10-5/h3H,1-2H3.